The predicted octanol–water partition coefficient (Wildman–Crippen LogP) is 4.88. The molecule has 0 aliphatic rings. The molecule has 0 spiro atoms. The van der Waals surface area contributed by atoms with Crippen molar-refractivity contribution in [3.05, 3.63) is 107 Å². The molecule has 3 aromatic rings. The minimum absolute atomic E-state index is 0.0513. The Balaban J connectivity index is 1.87. The fraction of sp³-hybridized carbons (Fsp3) is 0.0455. The summed E-state index contributed by atoms with van der Waals surface area (Å²) in [5, 5.41) is 10.2. The molecule has 0 aromatic heterocycles. The molecular formula is C22H18O2. The third-order valence-electron chi connectivity index (χ3n) is 3.88. The monoisotopic (exact) mass is 314 g/mol. The number of rotatable bonds is 5. The Kier molecular flexibility index (Phi) is 4.87. The molecule has 0 bridgehead atoms. The summed E-state index contributed by atoms with van der Waals surface area (Å²) >= 11 is 0. The molecule has 0 radical (unpaired) electrons. The lowest BCUT2D eigenvalue weighted by molar-refractivity contribution is 0.104. The summed E-state index contributed by atoms with van der Waals surface area (Å²) in [7, 11) is 0. The lowest BCUT2D eigenvalue weighted by atomic mass is 9.98. The van der Waals surface area contributed by atoms with Crippen LogP contribution < -0.4 is 0 Å². The van der Waals surface area contributed by atoms with Crippen LogP contribution >= 0.6 is 0 Å². The van der Waals surface area contributed by atoms with E-state index in [-0.39, 0.29) is 11.5 Å². The molecular weight excluding hydrogens is 296 g/mol. The lowest BCUT2D eigenvalue weighted by Gasteiger charge is -2.09. The molecule has 3 aromatic carbocycles. The van der Waals surface area contributed by atoms with Gasteiger partial charge in [-0.3, -0.25) is 4.79 Å². The number of benzene rings is 3. The smallest absolute Gasteiger partial charge is 0.185 e. The van der Waals surface area contributed by atoms with Crippen molar-refractivity contribution in [2.45, 2.75) is 6.42 Å². The second-order valence-electron chi connectivity index (χ2n) is 5.57. The maximum absolute atomic E-state index is 12.2. The summed E-state index contributed by atoms with van der Waals surface area (Å²) in [4.78, 5) is 12.2. The Morgan fingerprint density at radius 2 is 1.50 bits per heavy atom. The second kappa shape index (κ2) is 7.42. The van der Waals surface area contributed by atoms with Gasteiger partial charge in [0.1, 0.15) is 5.75 Å². The van der Waals surface area contributed by atoms with Crippen molar-refractivity contribution >= 4 is 11.9 Å². The molecule has 24 heavy (non-hydrogen) atoms. The van der Waals surface area contributed by atoms with Gasteiger partial charge in [-0.1, -0.05) is 78.9 Å². The van der Waals surface area contributed by atoms with Crippen molar-refractivity contribution in [3.8, 4) is 5.75 Å². The summed E-state index contributed by atoms with van der Waals surface area (Å²) in [6.07, 6.45) is 3.94. The van der Waals surface area contributed by atoms with E-state index in [0.29, 0.717) is 12.0 Å². The van der Waals surface area contributed by atoms with Crippen LogP contribution in [-0.4, -0.2) is 10.9 Å². The number of phenolic OH excluding ortho intramolecular Hbond substituents is 1. The van der Waals surface area contributed by atoms with E-state index in [0.717, 1.165) is 16.7 Å². The van der Waals surface area contributed by atoms with Crippen LogP contribution in [0.4, 0.5) is 0 Å². The van der Waals surface area contributed by atoms with Crippen LogP contribution in [0.15, 0.2) is 84.9 Å². The molecule has 2 nitrogen and oxygen atoms in total. The minimum atomic E-state index is -0.0513. The summed E-state index contributed by atoms with van der Waals surface area (Å²) in [5.41, 5.74) is 3.44. The zero-order valence-electron chi connectivity index (χ0n) is 13.2. The third kappa shape index (κ3) is 3.79. The van der Waals surface area contributed by atoms with Crippen LogP contribution in [-0.2, 0) is 6.42 Å². The van der Waals surface area contributed by atoms with E-state index in [9.17, 15) is 9.90 Å². The van der Waals surface area contributed by atoms with E-state index in [1.807, 2.05) is 54.6 Å². The molecule has 3 rings (SSSR count). The Labute approximate surface area is 141 Å². The van der Waals surface area contributed by atoms with Crippen molar-refractivity contribution in [2.75, 3.05) is 0 Å². The highest BCUT2D eigenvalue weighted by Gasteiger charge is 2.07. The molecule has 0 amide bonds. The van der Waals surface area contributed by atoms with E-state index in [4.69, 9.17) is 0 Å². The Bertz CT molecular complexity index is 850. The van der Waals surface area contributed by atoms with E-state index < -0.39 is 0 Å². The summed E-state index contributed by atoms with van der Waals surface area (Å²) in [6.45, 7) is 0. The summed E-state index contributed by atoms with van der Waals surface area (Å²) in [5.74, 6) is 0.192. The van der Waals surface area contributed by atoms with Crippen LogP contribution in [0.25, 0.3) is 6.08 Å². The van der Waals surface area contributed by atoms with Gasteiger partial charge in [-0.2, -0.15) is 0 Å². The molecule has 0 unspecified atom stereocenters. The quantitative estimate of drug-likeness (QED) is 0.538. The van der Waals surface area contributed by atoms with E-state index >= 15 is 0 Å². The first-order chi connectivity index (χ1) is 11.7. The lowest BCUT2D eigenvalue weighted by Crippen LogP contribution is -1.95. The molecule has 0 atom stereocenters. The van der Waals surface area contributed by atoms with E-state index in [1.165, 1.54) is 0 Å². The van der Waals surface area contributed by atoms with Gasteiger partial charge in [-0.25, -0.2) is 0 Å². The fourth-order valence-corrected chi connectivity index (χ4v) is 2.60. The molecule has 0 saturated heterocycles. The van der Waals surface area contributed by atoms with E-state index in [2.05, 4.69) is 0 Å². The SMILES string of the molecule is O=C(C=Cc1cccc(O)c1Cc1ccccc1)c1ccccc1. The normalized spacial score (nSPS) is 10.8. The molecule has 0 aliphatic carbocycles. The third-order valence-corrected chi connectivity index (χ3v) is 3.88. The van der Waals surface area contributed by atoms with Crippen LogP contribution in [0.2, 0.25) is 0 Å². The number of carbonyl (C=O) groups is 1. The Morgan fingerprint density at radius 3 is 2.21 bits per heavy atom. The zero-order valence-corrected chi connectivity index (χ0v) is 13.2. The Morgan fingerprint density at radius 1 is 0.833 bits per heavy atom. The number of aromatic hydroxyl groups is 1. The van der Waals surface area contributed by atoms with Crippen LogP contribution in [0, 0.1) is 0 Å². The van der Waals surface area contributed by atoms with Gasteiger partial charge in [-0.15, -0.1) is 0 Å². The summed E-state index contributed by atoms with van der Waals surface area (Å²) < 4.78 is 0. The van der Waals surface area contributed by atoms with Gasteiger partial charge >= 0.3 is 0 Å². The maximum atomic E-state index is 12.2. The van der Waals surface area contributed by atoms with Gasteiger partial charge in [-0.05, 0) is 23.3 Å². The van der Waals surface area contributed by atoms with Crippen molar-refractivity contribution in [1.82, 2.24) is 0 Å². The van der Waals surface area contributed by atoms with Gasteiger partial charge in [0.05, 0.1) is 0 Å². The molecule has 0 fully saturated rings. The first-order valence-electron chi connectivity index (χ1n) is 7.86. The van der Waals surface area contributed by atoms with Crippen molar-refractivity contribution in [2.24, 2.45) is 0 Å². The summed E-state index contributed by atoms with van der Waals surface area (Å²) in [6, 6.07) is 24.5. The zero-order chi connectivity index (χ0) is 16.8. The highest BCUT2D eigenvalue weighted by Crippen LogP contribution is 2.25. The fourth-order valence-electron chi connectivity index (χ4n) is 2.60. The van der Waals surface area contributed by atoms with Gasteiger partial charge in [0, 0.05) is 17.5 Å². The Hall–Kier alpha value is -3.13. The molecule has 1 N–H and O–H groups in total. The molecule has 0 aliphatic heterocycles. The number of ketones is 1. The van der Waals surface area contributed by atoms with Crippen LogP contribution in [0.1, 0.15) is 27.0 Å². The second-order valence-corrected chi connectivity index (χ2v) is 5.57. The van der Waals surface area contributed by atoms with Gasteiger partial charge in [0.2, 0.25) is 0 Å². The average Bonchev–Trinajstić information content (AvgIpc) is 2.63. The topological polar surface area (TPSA) is 37.3 Å². The van der Waals surface area contributed by atoms with Crippen LogP contribution in [0.3, 0.4) is 0 Å². The maximum Gasteiger partial charge on any atom is 0.185 e. The number of hydrogen-bond acceptors (Lipinski definition) is 2. The van der Waals surface area contributed by atoms with Gasteiger partial charge < -0.3 is 5.11 Å². The first kappa shape index (κ1) is 15.8. The minimum Gasteiger partial charge on any atom is -0.508 e. The molecule has 0 heterocycles. The van der Waals surface area contributed by atoms with Crippen molar-refractivity contribution in [1.29, 1.82) is 0 Å². The van der Waals surface area contributed by atoms with Crippen molar-refractivity contribution in [3.63, 3.8) is 0 Å². The van der Waals surface area contributed by atoms with Crippen LogP contribution in [0.5, 0.6) is 5.75 Å². The molecule has 2 heteroatoms. The number of phenols is 1. The standard InChI is InChI=1S/C22H18O2/c23-21(19-10-5-2-6-11-19)15-14-18-12-7-13-22(24)20(18)16-17-8-3-1-4-9-17/h1-15,24H,16H2. The average molecular weight is 314 g/mol. The first-order valence-corrected chi connectivity index (χ1v) is 7.86. The van der Waals surface area contributed by atoms with E-state index in [1.54, 1.807) is 36.4 Å². The molecule has 118 valence electrons. The number of carbonyl (C=O) groups excluding carboxylic acids is 1. The predicted molar refractivity (Wildman–Crippen MR) is 97.2 cm³/mol. The number of allylic oxidation sites excluding steroid dienone is 1. The highest BCUT2D eigenvalue weighted by atomic mass is 16.3. The van der Waals surface area contributed by atoms with Gasteiger partial charge in [0.25, 0.3) is 0 Å². The highest BCUT2D eigenvalue weighted by molar-refractivity contribution is 6.06. The largest absolute Gasteiger partial charge is 0.508 e. The number of hydrogen-bond donors (Lipinski definition) is 1. The molecule has 0 saturated carbocycles. The van der Waals surface area contributed by atoms with Crippen molar-refractivity contribution < 1.29 is 9.90 Å². The van der Waals surface area contributed by atoms with Gasteiger partial charge in [0.15, 0.2) is 5.78 Å².